The Morgan fingerprint density at radius 2 is 1.71 bits per heavy atom. The number of fused-ring (bicyclic) bond motifs is 1. The summed E-state index contributed by atoms with van der Waals surface area (Å²) in [6.45, 7) is 8.17. The quantitative estimate of drug-likeness (QED) is 0.434. The van der Waals surface area contributed by atoms with Gasteiger partial charge in [-0.25, -0.2) is 4.79 Å². The molecule has 4 rings (SSSR count). The number of Topliss-reactive ketones (excluding diaryl/α,β-unsaturated/α-hetero) is 1. The molecular formula is C25H25NO5. The molecule has 31 heavy (non-hydrogen) atoms. The lowest BCUT2D eigenvalue weighted by Crippen LogP contribution is -2.16. The topological polar surface area (TPSA) is 66.8 Å². The molecule has 1 aliphatic rings. The SMILES string of the molecule is Cc1ccc(C)c(C(=O)OCC(=O)c2cc(C)n(Cc3ccc4c(c3)OCO4)c2C)c1. The van der Waals surface area contributed by atoms with Crippen molar-refractivity contribution in [1.82, 2.24) is 4.57 Å². The minimum absolute atomic E-state index is 0.219. The fraction of sp³-hybridized carbons (Fsp3) is 0.280. The van der Waals surface area contributed by atoms with Crippen LogP contribution in [0, 0.1) is 27.7 Å². The van der Waals surface area contributed by atoms with Crippen LogP contribution in [-0.2, 0) is 11.3 Å². The standard InChI is InChI=1S/C25H25NO5/c1-15-5-6-16(2)20(9-15)25(28)29-13-22(27)21-10-17(3)26(18(21)4)12-19-7-8-23-24(11-19)31-14-30-23/h5-11H,12-14H2,1-4H3. The van der Waals surface area contributed by atoms with E-state index in [1.165, 1.54) is 0 Å². The van der Waals surface area contributed by atoms with E-state index >= 15 is 0 Å². The van der Waals surface area contributed by atoms with Gasteiger partial charge in [0.25, 0.3) is 0 Å². The van der Waals surface area contributed by atoms with E-state index in [2.05, 4.69) is 4.57 Å². The molecule has 0 amide bonds. The first-order valence-electron chi connectivity index (χ1n) is 10.2. The van der Waals surface area contributed by atoms with E-state index in [1.54, 1.807) is 6.07 Å². The summed E-state index contributed by atoms with van der Waals surface area (Å²) >= 11 is 0. The Kier molecular flexibility index (Phi) is 5.55. The number of hydrogen-bond donors (Lipinski definition) is 0. The number of ether oxygens (including phenoxy) is 3. The average molecular weight is 419 g/mol. The largest absolute Gasteiger partial charge is 0.454 e. The number of carbonyl (C=O) groups excluding carboxylic acids is 2. The van der Waals surface area contributed by atoms with E-state index in [0.717, 1.165) is 39.6 Å². The van der Waals surface area contributed by atoms with E-state index < -0.39 is 5.97 Å². The van der Waals surface area contributed by atoms with Gasteiger partial charge in [-0.1, -0.05) is 23.8 Å². The zero-order valence-corrected chi connectivity index (χ0v) is 18.2. The molecule has 1 aliphatic heterocycles. The molecular weight excluding hydrogens is 394 g/mol. The lowest BCUT2D eigenvalue weighted by atomic mass is 10.1. The maximum atomic E-state index is 12.8. The van der Waals surface area contributed by atoms with Crippen LogP contribution in [0.3, 0.4) is 0 Å². The Morgan fingerprint density at radius 3 is 2.52 bits per heavy atom. The molecule has 0 N–H and O–H groups in total. The van der Waals surface area contributed by atoms with Gasteiger partial charge in [0.2, 0.25) is 12.6 Å². The number of aromatic nitrogens is 1. The van der Waals surface area contributed by atoms with Gasteiger partial charge >= 0.3 is 5.97 Å². The van der Waals surface area contributed by atoms with Crippen LogP contribution in [0.25, 0.3) is 0 Å². The number of benzene rings is 2. The molecule has 0 bridgehead atoms. The Morgan fingerprint density at radius 1 is 0.935 bits per heavy atom. The molecule has 3 aromatic rings. The minimum Gasteiger partial charge on any atom is -0.454 e. The second-order valence-corrected chi connectivity index (χ2v) is 7.88. The van der Waals surface area contributed by atoms with E-state index in [-0.39, 0.29) is 19.2 Å². The number of esters is 1. The number of carbonyl (C=O) groups is 2. The molecule has 160 valence electrons. The summed E-state index contributed by atoms with van der Waals surface area (Å²) in [6.07, 6.45) is 0. The lowest BCUT2D eigenvalue weighted by molar-refractivity contribution is 0.0473. The van der Waals surface area contributed by atoms with Gasteiger partial charge in [-0.2, -0.15) is 0 Å². The summed E-state index contributed by atoms with van der Waals surface area (Å²) in [4.78, 5) is 25.2. The van der Waals surface area contributed by atoms with E-state index in [4.69, 9.17) is 14.2 Å². The van der Waals surface area contributed by atoms with Crippen LogP contribution in [0.5, 0.6) is 11.5 Å². The maximum Gasteiger partial charge on any atom is 0.338 e. The Bertz CT molecular complexity index is 1170. The first kappa shape index (κ1) is 20.7. The van der Waals surface area contributed by atoms with Crippen LogP contribution in [0.4, 0.5) is 0 Å². The fourth-order valence-corrected chi connectivity index (χ4v) is 3.79. The molecule has 1 aromatic heterocycles. The highest BCUT2D eigenvalue weighted by Gasteiger charge is 2.20. The molecule has 6 nitrogen and oxygen atoms in total. The predicted molar refractivity (Wildman–Crippen MR) is 116 cm³/mol. The van der Waals surface area contributed by atoms with Gasteiger partial charge in [0.15, 0.2) is 18.1 Å². The lowest BCUT2D eigenvalue weighted by Gasteiger charge is -2.11. The molecule has 0 aliphatic carbocycles. The van der Waals surface area contributed by atoms with Gasteiger partial charge in [0.1, 0.15) is 0 Å². The summed E-state index contributed by atoms with van der Waals surface area (Å²) in [5.74, 6) is 0.772. The van der Waals surface area contributed by atoms with E-state index in [0.29, 0.717) is 17.7 Å². The Hall–Kier alpha value is -3.54. The van der Waals surface area contributed by atoms with Crippen LogP contribution in [0.1, 0.15) is 48.8 Å². The van der Waals surface area contributed by atoms with Gasteiger partial charge < -0.3 is 18.8 Å². The van der Waals surface area contributed by atoms with Crippen LogP contribution in [0.2, 0.25) is 0 Å². The Balaban J connectivity index is 1.47. The zero-order valence-electron chi connectivity index (χ0n) is 18.2. The van der Waals surface area contributed by atoms with Crippen LogP contribution in [0.15, 0.2) is 42.5 Å². The van der Waals surface area contributed by atoms with E-state index in [9.17, 15) is 9.59 Å². The zero-order chi connectivity index (χ0) is 22.1. The molecule has 2 aromatic carbocycles. The molecule has 0 saturated heterocycles. The number of nitrogens with zero attached hydrogens (tertiary/aromatic N) is 1. The number of aryl methyl sites for hydroxylation is 3. The number of rotatable bonds is 6. The third-order valence-electron chi connectivity index (χ3n) is 5.60. The van der Waals surface area contributed by atoms with Gasteiger partial charge in [0.05, 0.1) is 5.56 Å². The third kappa shape index (κ3) is 4.19. The van der Waals surface area contributed by atoms with Crippen molar-refractivity contribution in [1.29, 1.82) is 0 Å². The highest BCUT2D eigenvalue weighted by atomic mass is 16.7. The molecule has 6 heteroatoms. The predicted octanol–water partition coefficient (Wildman–Crippen LogP) is 4.54. The molecule has 0 atom stereocenters. The summed E-state index contributed by atoms with van der Waals surface area (Å²) in [6, 6.07) is 13.3. The van der Waals surface area contributed by atoms with Crippen molar-refractivity contribution < 1.29 is 23.8 Å². The summed E-state index contributed by atoms with van der Waals surface area (Å²) < 4.78 is 18.2. The third-order valence-corrected chi connectivity index (χ3v) is 5.60. The summed E-state index contributed by atoms with van der Waals surface area (Å²) in [5.41, 5.74) is 5.68. The smallest absolute Gasteiger partial charge is 0.338 e. The van der Waals surface area contributed by atoms with Crippen molar-refractivity contribution in [3.63, 3.8) is 0 Å². The van der Waals surface area contributed by atoms with Crippen molar-refractivity contribution >= 4 is 11.8 Å². The average Bonchev–Trinajstić information content (AvgIpc) is 3.33. The van der Waals surface area contributed by atoms with Crippen molar-refractivity contribution in [2.24, 2.45) is 0 Å². The van der Waals surface area contributed by atoms with Crippen molar-refractivity contribution in [3.05, 3.63) is 81.7 Å². The van der Waals surface area contributed by atoms with Gasteiger partial charge in [0, 0.05) is 23.5 Å². The fourth-order valence-electron chi connectivity index (χ4n) is 3.79. The number of hydrogen-bond acceptors (Lipinski definition) is 5. The highest BCUT2D eigenvalue weighted by Crippen LogP contribution is 2.33. The van der Waals surface area contributed by atoms with Crippen LogP contribution >= 0.6 is 0 Å². The van der Waals surface area contributed by atoms with Crippen molar-refractivity contribution in [2.75, 3.05) is 13.4 Å². The van der Waals surface area contributed by atoms with Gasteiger partial charge in [-0.05, 0) is 63.1 Å². The van der Waals surface area contributed by atoms with Crippen molar-refractivity contribution in [2.45, 2.75) is 34.2 Å². The second-order valence-electron chi connectivity index (χ2n) is 7.88. The first-order valence-corrected chi connectivity index (χ1v) is 10.2. The molecule has 0 saturated carbocycles. The first-order chi connectivity index (χ1) is 14.8. The van der Waals surface area contributed by atoms with Crippen molar-refractivity contribution in [3.8, 4) is 11.5 Å². The molecule has 2 heterocycles. The number of ketones is 1. The second kappa shape index (κ2) is 8.30. The monoisotopic (exact) mass is 419 g/mol. The molecule has 0 radical (unpaired) electrons. The highest BCUT2D eigenvalue weighted by molar-refractivity contribution is 6.00. The molecule has 0 spiro atoms. The normalized spacial score (nSPS) is 12.1. The minimum atomic E-state index is -0.483. The maximum absolute atomic E-state index is 12.8. The summed E-state index contributed by atoms with van der Waals surface area (Å²) in [5, 5.41) is 0. The van der Waals surface area contributed by atoms with Gasteiger partial charge in [-0.3, -0.25) is 4.79 Å². The Labute approximate surface area is 181 Å². The molecule has 0 fully saturated rings. The van der Waals surface area contributed by atoms with Crippen LogP contribution in [-0.4, -0.2) is 29.7 Å². The van der Waals surface area contributed by atoms with Crippen LogP contribution < -0.4 is 9.47 Å². The summed E-state index contributed by atoms with van der Waals surface area (Å²) in [7, 11) is 0. The van der Waals surface area contributed by atoms with Gasteiger partial charge in [-0.15, -0.1) is 0 Å². The molecule has 0 unspecified atom stereocenters. The van der Waals surface area contributed by atoms with E-state index in [1.807, 2.05) is 64.1 Å².